The quantitative estimate of drug-likeness (QED) is 0.0746. The van der Waals surface area contributed by atoms with Gasteiger partial charge in [0, 0.05) is 5.41 Å². The van der Waals surface area contributed by atoms with Crippen molar-refractivity contribution < 1.29 is 109 Å². The van der Waals surface area contributed by atoms with Crippen LogP contribution in [-0.2, 0) is 37.9 Å². The average Bonchev–Trinajstić information content (AvgIpc) is 3.36. The molecule has 432 valence electrons. The smallest absolute Gasteiger partial charge is 0.186 e. The molecule has 22 nitrogen and oxygen atoms in total. The van der Waals surface area contributed by atoms with Gasteiger partial charge < -0.3 is 109 Å². The summed E-state index contributed by atoms with van der Waals surface area (Å²) in [6, 6.07) is 0. The lowest BCUT2D eigenvalue weighted by molar-refractivity contribution is -0.349. The van der Waals surface area contributed by atoms with Crippen LogP contribution in [0.5, 0.6) is 0 Å². The zero-order valence-electron chi connectivity index (χ0n) is 44.4. The van der Waals surface area contributed by atoms with Crippen LogP contribution in [0.1, 0.15) is 106 Å². The van der Waals surface area contributed by atoms with Crippen LogP contribution in [0.4, 0.5) is 0 Å². The van der Waals surface area contributed by atoms with E-state index in [2.05, 4.69) is 54.5 Å². The third-order valence-electron chi connectivity index (χ3n) is 21.2. The highest BCUT2D eigenvalue weighted by Gasteiger charge is 2.71. The number of ether oxygens (including phenoxy) is 8. The fraction of sp³-hybridized carbons (Fsp3) is 0.962. The molecule has 0 spiro atoms. The molecule has 0 bridgehead atoms. The maximum absolute atomic E-state index is 11.6. The maximum atomic E-state index is 11.6. The average molecular weight is 1080 g/mol. The van der Waals surface area contributed by atoms with Crippen LogP contribution in [0.25, 0.3) is 0 Å². The van der Waals surface area contributed by atoms with Gasteiger partial charge >= 0.3 is 0 Å². The monoisotopic (exact) mass is 1080 g/mol. The number of rotatable bonds is 12. The van der Waals surface area contributed by atoms with E-state index in [4.69, 9.17) is 37.9 Å². The normalized spacial score (nSPS) is 54.7. The van der Waals surface area contributed by atoms with Gasteiger partial charge in [-0.3, -0.25) is 0 Å². The summed E-state index contributed by atoms with van der Waals surface area (Å²) < 4.78 is 48.0. The van der Waals surface area contributed by atoms with Crippen LogP contribution in [-0.4, -0.2) is 233 Å². The minimum absolute atomic E-state index is 0.0337. The topological polar surface area (TPSA) is 357 Å². The van der Waals surface area contributed by atoms with E-state index in [1.54, 1.807) is 0 Å². The van der Waals surface area contributed by atoms with Gasteiger partial charge in [-0.2, -0.15) is 0 Å². The van der Waals surface area contributed by atoms with Crippen molar-refractivity contribution in [2.24, 2.45) is 50.2 Å². The highest BCUT2D eigenvalue weighted by molar-refractivity contribution is 5.35. The molecule has 75 heavy (non-hydrogen) atoms. The van der Waals surface area contributed by atoms with Crippen LogP contribution in [0.2, 0.25) is 0 Å². The minimum atomic E-state index is -1.80. The third-order valence-corrected chi connectivity index (χ3v) is 21.2. The van der Waals surface area contributed by atoms with Crippen LogP contribution < -0.4 is 0 Å². The molecule has 0 aromatic rings. The maximum Gasteiger partial charge on any atom is 0.186 e. The highest BCUT2D eigenvalue weighted by Crippen LogP contribution is 2.76. The summed E-state index contributed by atoms with van der Waals surface area (Å²) >= 11 is 0. The standard InChI is InChI=1S/C53H88O22/c1-48(2)14-15-53(22-55)24(16-48)23-8-9-30-50(5)12-11-31(49(3,4)29(50)10-13-51(30,6)52(23,7)17-32(53)75-46-42(66)37(61)34(58)26(18-54)71-46)74-47-43(67)39(63)36(60)28(73-47)21-70-45-41(65)38(62)35(59)27(72-45)20-69-44-40(64)33(57)25(56)19-68-44/h8,24-47,54-67H,9-22H2,1-7H3. The summed E-state index contributed by atoms with van der Waals surface area (Å²) in [4.78, 5) is 0. The number of allylic oxidation sites excluding steroid dienone is 2. The molecule has 4 saturated carbocycles. The molecule has 28 unspecified atom stereocenters. The molecule has 9 aliphatic rings. The fourth-order valence-corrected chi connectivity index (χ4v) is 16.3. The van der Waals surface area contributed by atoms with Crippen molar-refractivity contribution in [3.8, 4) is 0 Å². The zero-order chi connectivity index (χ0) is 54.7. The van der Waals surface area contributed by atoms with E-state index in [1.165, 1.54) is 5.57 Å². The second kappa shape index (κ2) is 21.3. The van der Waals surface area contributed by atoms with Crippen molar-refractivity contribution in [2.75, 3.05) is 33.0 Å². The van der Waals surface area contributed by atoms with Crippen molar-refractivity contribution in [1.29, 1.82) is 0 Å². The van der Waals surface area contributed by atoms with Crippen LogP contribution in [0.15, 0.2) is 11.6 Å². The lowest BCUT2D eigenvalue weighted by Gasteiger charge is -2.72. The van der Waals surface area contributed by atoms with E-state index in [0.29, 0.717) is 19.3 Å². The van der Waals surface area contributed by atoms with Gasteiger partial charge in [-0.1, -0.05) is 60.1 Å². The summed E-state index contributed by atoms with van der Waals surface area (Å²) in [5.41, 5.74) is -0.875. The van der Waals surface area contributed by atoms with E-state index in [9.17, 15) is 71.5 Å². The van der Waals surface area contributed by atoms with Crippen LogP contribution in [0, 0.1) is 50.2 Å². The number of fused-ring (bicyclic) bond motifs is 7. The largest absolute Gasteiger partial charge is 0.396 e. The number of aliphatic hydroxyl groups excluding tert-OH is 14. The first-order valence-electron chi connectivity index (χ1n) is 27.3. The van der Waals surface area contributed by atoms with Gasteiger partial charge in [-0.05, 0) is 103 Å². The Balaban J connectivity index is 0.899. The molecule has 0 aromatic carbocycles. The van der Waals surface area contributed by atoms with Crippen molar-refractivity contribution in [3.05, 3.63) is 11.6 Å². The molecule has 0 aromatic heterocycles. The number of hydrogen-bond donors (Lipinski definition) is 14. The highest BCUT2D eigenvalue weighted by atomic mass is 16.7. The molecular formula is C53H88O22. The van der Waals surface area contributed by atoms with Gasteiger partial charge in [0.2, 0.25) is 0 Å². The van der Waals surface area contributed by atoms with Gasteiger partial charge in [0.05, 0.1) is 45.2 Å². The van der Waals surface area contributed by atoms with E-state index < -0.39 is 165 Å². The first kappa shape index (κ1) is 58.5. The lowest BCUT2D eigenvalue weighted by Crippen LogP contribution is -2.68. The van der Waals surface area contributed by atoms with Gasteiger partial charge in [0.25, 0.3) is 0 Å². The van der Waals surface area contributed by atoms with E-state index in [1.807, 2.05) is 0 Å². The Labute approximate surface area is 438 Å². The van der Waals surface area contributed by atoms with Crippen LogP contribution >= 0.6 is 0 Å². The Bertz CT molecular complexity index is 2010. The minimum Gasteiger partial charge on any atom is -0.396 e. The summed E-state index contributed by atoms with van der Waals surface area (Å²) in [6.45, 7) is 13.8. The predicted octanol–water partition coefficient (Wildman–Crippen LogP) is -1.95. The Kier molecular flexibility index (Phi) is 16.6. The van der Waals surface area contributed by atoms with Crippen molar-refractivity contribution in [2.45, 2.75) is 235 Å². The van der Waals surface area contributed by atoms with Gasteiger partial charge in [-0.25, -0.2) is 0 Å². The van der Waals surface area contributed by atoms with E-state index in [0.717, 1.165) is 38.5 Å². The van der Waals surface area contributed by atoms with Crippen molar-refractivity contribution in [1.82, 2.24) is 0 Å². The molecule has 4 aliphatic heterocycles. The molecule has 0 amide bonds. The number of hydrogen-bond acceptors (Lipinski definition) is 22. The van der Waals surface area contributed by atoms with Crippen molar-refractivity contribution in [3.63, 3.8) is 0 Å². The summed E-state index contributed by atoms with van der Waals surface area (Å²) in [5.74, 6) is 0.228. The second-order valence-electron chi connectivity index (χ2n) is 26.1. The third kappa shape index (κ3) is 9.73. The molecule has 22 heteroatoms. The summed E-state index contributed by atoms with van der Waals surface area (Å²) in [5, 5.41) is 150. The number of aliphatic hydroxyl groups is 14. The molecule has 4 heterocycles. The van der Waals surface area contributed by atoms with Gasteiger partial charge in [-0.15, -0.1) is 0 Å². The van der Waals surface area contributed by atoms with E-state index >= 15 is 0 Å². The van der Waals surface area contributed by atoms with Gasteiger partial charge in [0.15, 0.2) is 25.2 Å². The van der Waals surface area contributed by atoms with Crippen LogP contribution in [0.3, 0.4) is 0 Å². The summed E-state index contributed by atoms with van der Waals surface area (Å²) in [7, 11) is 0. The molecule has 8 fully saturated rings. The summed E-state index contributed by atoms with van der Waals surface area (Å²) in [6.07, 6.45) is -21.4. The molecule has 14 N–H and O–H groups in total. The zero-order valence-corrected chi connectivity index (χ0v) is 44.4. The molecule has 28 atom stereocenters. The molecule has 4 saturated heterocycles. The first-order chi connectivity index (χ1) is 35.1. The molecule has 0 radical (unpaired) electrons. The Morgan fingerprint density at radius 1 is 0.533 bits per heavy atom. The Morgan fingerprint density at radius 3 is 1.67 bits per heavy atom. The lowest BCUT2D eigenvalue weighted by atomic mass is 9.33. The molecular weight excluding hydrogens is 989 g/mol. The fourth-order valence-electron chi connectivity index (χ4n) is 16.3. The van der Waals surface area contributed by atoms with Crippen molar-refractivity contribution >= 4 is 0 Å². The Hall–Kier alpha value is -1.14. The second-order valence-corrected chi connectivity index (χ2v) is 26.1. The Morgan fingerprint density at radius 2 is 1.07 bits per heavy atom. The van der Waals surface area contributed by atoms with Gasteiger partial charge in [0.1, 0.15) is 91.6 Å². The predicted molar refractivity (Wildman–Crippen MR) is 258 cm³/mol. The van der Waals surface area contributed by atoms with E-state index in [-0.39, 0.29) is 47.2 Å². The molecule has 9 rings (SSSR count). The molecule has 5 aliphatic carbocycles. The first-order valence-corrected chi connectivity index (χ1v) is 27.3. The SMILES string of the molecule is CC1(C)CCC2(CO)C(OC3OC(CO)C(O)C(O)C3O)CC3(C)C(=CCC4C5(C)CCC(OC6OC(COC7OC(COC8OCC(O)C(O)C8O)C(O)C(O)C7O)C(O)C(O)C6O)C(C)(C)C5CCC43C)C2C1.